The van der Waals surface area contributed by atoms with Crippen LogP contribution in [-0.4, -0.2) is 5.91 Å². The molecule has 0 spiro atoms. The molecule has 1 saturated carbocycles. The molecule has 1 aliphatic rings. The van der Waals surface area contributed by atoms with Crippen LogP contribution in [0.1, 0.15) is 25.3 Å². The number of amides is 1. The van der Waals surface area contributed by atoms with E-state index in [1.54, 1.807) is 0 Å². The molecule has 0 aliphatic heterocycles. The number of carbonyl (C=O) groups is 1. The van der Waals surface area contributed by atoms with Gasteiger partial charge < -0.3 is 5.32 Å². The number of carbonyl (C=O) groups excluding carboxylic acids is 1. The van der Waals surface area contributed by atoms with Gasteiger partial charge in [-0.2, -0.15) is 0 Å². The topological polar surface area (TPSA) is 29.1 Å². The monoisotopic (exact) mass is 301 g/mol. The second-order valence-electron chi connectivity index (χ2n) is 6.31. The van der Waals surface area contributed by atoms with E-state index in [2.05, 4.69) is 5.32 Å². The molecule has 2 atom stereocenters. The maximum Gasteiger partial charge on any atom is 0.228 e. The number of halogens is 2. The molecule has 0 heterocycles. The van der Waals surface area contributed by atoms with Gasteiger partial charge in [0.1, 0.15) is 0 Å². The lowest BCUT2D eigenvalue weighted by Gasteiger charge is -2.06. The first-order chi connectivity index (χ1) is 10.4. The van der Waals surface area contributed by atoms with Crippen molar-refractivity contribution < 1.29 is 13.6 Å². The van der Waals surface area contributed by atoms with Crippen molar-refractivity contribution in [1.29, 1.82) is 0 Å². The van der Waals surface area contributed by atoms with Crippen LogP contribution in [0.2, 0.25) is 0 Å². The standard InChI is InChI=1S/C18H17F2NO/c1-18(2)15(11-6-4-3-5-7-11)16(18)17(22)21-12-8-9-13(19)14(20)10-12/h3-10,15-16H,1-2H3,(H,21,22). The smallest absolute Gasteiger partial charge is 0.228 e. The first kappa shape index (κ1) is 14.7. The Bertz CT molecular complexity index is 712. The Labute approximate surface area is 128 Å². The summed E-state index contributed by atoms with van der Waals surface area (Å²) >= 11 is 0. The Morgan fingerprint density at radius 2 is 1.73 bits per heavy atom. The van der Waals surface area contributed by atoms with Crippen LogP contribution < -0.4 is 5.32 Å². The van der Waals surface area contributed by atoms with E-state index in [1.165, 1.54) is 6.07 Å². The van der Waals surface area contributed by atoms with Gasteiger partial charge in [0.15, 0.2) is 11.6 Å². The minimum Gasteiger partial charge on any atom is -0.326 e. The average molecular weight is 301 g/mol. The third-order valence-corrected chi connectivity index (χ3v) is 4.46. The summed E-state index contributed by atoms with van der Waals surface area (Å²) in [7, 11) is 0. The molecule has 1 N–H and O–H groups in total. The molecule has 2 nitrogen and oxygen atoms in total. The molecule has 2 aromatic rings. The molecule has 4 heteroatoms. The van der Waals surface area contributed by atoms with E-state index in [1.807, 2.05) is 44.2 Å². The van der Waals surface area contributed by atoms with Crippen LogP contribution in [0.15, 0.2) is 48.5 Å². The Hall–Kier alpha value is -2.23. The normalized spacial score (nSPS) is 22.2. The van der Waals surface area contributed by atoms with Gasteiger partial charge in [0.2, 0.25) is 5.91 Å². The zero-order chi connectivity index (χ0) is 15.9. The van der Waals surface area contributed by atoms with Crippen LogP contribution in [0.5, 0.6) is 0 Å². The Kier molecular flexibility index (Phi) is 3.47. The molecule has 0 radical (unpaired) electrons. The van der Waals surface area contributed by atoms with Crippen LogP contribution in [0.4, 0.5) is 14.5 Å². The van der Waals surface area contributed by atoms with Gasteiger partial charge in [-0.25, -0.2) is 8.78 Å². The fourth-order valence-corrected chi connectivity index (χ4v) is 3.20. The molecule has 1 aliphatic carbocycles. The van der Waals surface area contributed by atoms with Gasteiger partial charge in [-0.15, -0.1) is 0 Å². The van der Waals surface area contributed by atoms with Crippen LogP contribution in [-0.2, 0) is 4.79 Å². The predicted octanol–water partition coefficient (Wildman–Crippen LogP) is 4.34. The summed E-state index contributed by atoms with van der Waals surface area (Å²) in [5.41, 5.74) is 1.25. The van der Waals surface area contributed by atoms with E-state index in [9.17, 15) is 13.6 Å². The third kappa shape index (κ3) is 2.49. The molecular weight excluding hydrogens is 284 g/mol. The summed E-state index contributed by atoms with van der Waals surface area (Å²) in [5, 5.41) is 2.68. The van der Waals surface area contributed by atoms with Crippen LogP contribution in [0.3, 0.4) is 0 Å². The largest absolute Gasteiger partial charge is 0.326 e. The maximum atomic E-state index is 13.2. The van der Waals surface area contributed by atoms with E-state index in [4.69, 9.17) is 0 Å². The van der Waals surface area contributed by atoms with Crippen molar-refractivity contribution in [3.05, 3.63) is 65.7 Å². The van der Waals surface area contributed by atoms with Gasteiger partial charge in [-0.05, 0) is 23.1 Å². The fourth-order valence-electron chi connectivity index (χ4n) is 3.20. The van der Waals surface area contributed by atoms with Crippen molar-refractivity contribution in [2.75, 3.05) is 5.32 Å². The molecule has 2 aromatic carbocycles. The van der Waals surface area contributed by atoms with Crippen molar-refractivity contribution in [3.63, 3.8) is 0 Å². The van der Waals surface area contributed by atoms with Gasteiger partial charge in [0, 0.05) is 17.7 Å². The molecule has 0 aromatic heterocycles. The van der Waals surface area contributed by atoms with Gasteiger partial charge in [-0.3, -0.25) is 4.79 Å². The third-order valence-electron chi connectivity index (χ3n) is 4.46. The first-order valence-electron chi connectivity index (χ1n) is 7.22. The van der Waals surface area contributed by atoms with Gasteiger partial charge in [0.05, 0.1) is 5.92 Å². The number of benzene rings is 2. The number of hydrogen-bond donors (Lipinski definition) is 1. The van der Waals surface area contributed by atoms with Gasteiger partial charge in [-0.1, -0.05) is 44.2 Å². The van der Waals surface area contributed by atoms with Crippen molar-refractivity contribution in [2.24, 2.45) is 11.3 Å². The molecule has 114 valence electrons. The van der Waals surface area contributed by atoms with E-state index in [-0.39, 0.29) is 28.8 Å². The molecule has 22 heavy (non-hydrogen) atoms. The average Bonchev–Trinajstić information content (AvgIpc) is 3.07. The summed E-state index contributed by atoms with van der Waals surface area (Å²) in [5.74, 6) is -2.09. The van der Waals surface area contributed by atoms with E-state index in [0.29, 0.717) is 0 Å². The lowest BCUT2D eigenvalue weighted by atomic mass is 10.0. The molecule has 1 fully saturated rings. The molecule has 2 unspecified atom stereocenters. The first-order valence-corrected chi connectivity index (χ1v) is 7.22. The van der Waals surface area contributed by atoms with Gasteiger partial charge in [0.25, 0.3) is 0 Å². The summed E-state index contributed by atoms with van der Waals surface area (Å²) < 4.78 is 26.1. The number of rotatable bonds is 3. The molecular formula is C18H17F2NO. The van der Waals surface area contributed by atoms with Gasteiger partial charge >= 0.3 is 0 Å². The molecule has 0 saturated heterocycles. The lowest BCUT2D eigenvalue weighted by molar-refractivity contribution is -0.118. The number of anilines is 1. The predicted molar refractivity (Wildman–Crippen MR) is 81.4 cm³/mol. The summed E-state index contributed by atoms with van der Waals surface area (Å²) in [6.07, 6.45) is 0. The Morgan fingerprint density at radius 1 is 1.05 bits per heavy atom. The zero-order valence-corrected chi connectivity index (χ0v) is 12.4. The SMILES string of the molecule is CC1(C)C(C(=O)Nc2ccc(F)c(F)c2)C1c1ccccc1. The highest BCUT2D eigenvalue weighted by Crippen LogP contribution is 2.64. The van der Waals surface area contributed by atoms with Crippen LogP contribution in [0, 0.1) is 23.0 Å². The van der Waals surface area contributed by atoms with Crippen molar-refractivity contribution >= 4 is 11.6 Å². The summed E-state index contributed by atoms with van der Waals surface area (Å²) in [6, 6.07) is 13.2. The summed E-state index contributed by atoms with van der Waals surface area (Å²) in [6.45, 7) is 4.08. The Balaban J connectivity index is 1.77. The number of hydrogen-bond acceptors (Lipinski definition) is 1. The lowest BCUT2D eigenvalue weighted by Crippen LogP contribution is -2.17. The second kappa shape index (κ2) is 5.20. The zero-order valence-electron chi connectivity index (χ0n) is 12.4. The maximum absolute atomic E-state index is 13.2. The van der Waals surface area contributed by atoms with Crippen LogP contribution in [0.25, 0.3) is 0 Å². The van der Waals surface area contributed by atoms with E-state index in [0.717, 1.165) is 17.7 Å². The highest BCUT2D eigenvalue weighted by molar-refractivity contribution is 5.96. The van der Waals surface area contributed by atoms with Crippen molar-refractivity contribution in [3.8, 4) is 0 Å². The van der Waals surface area contributed by atoms with Crippen molar-refractivity contribution in [1.82, 2.24) is 0 Å². The highest BCUT2D eigenvalue weighted by atomic mass is 19.2. The molecule has 1 amide bonds. The number of nitrogens with one attached hydrogen (secondary N) is 1. The minimum absolute atomic E-state index is 0.138. The molecule has 3 rings (SSSR count). The fraction of sp³-hybridized carbons (Fsp3) is 0.278. The second-order valence-corrected chi connectivity index (χ2v) is 6.31. The molecule has 0 bridgehead atoms. The minimum atomic E-state index is -0.965. The highest BCUT2D eigenvalue weighted by Gasteiger charge is 2.62. The van der Waals surface area contributed by atoms with E-state index >= 15 is 0 Å². The van der Waals surface area contributed by atoms with Crippen LogP contribution >= 0.6 is 0 Å². The Morgan fingerprint density at radius 3 is 2.36 bits per heavy atom. The van der Waals surface area contributed by atoms with Crippen molar-refractivity contribution in [2.45, 2.75) is 19.8 Å². The van der Waals surface area contributed by atoms with E-state index < -0.39 is 11.6 Å². The quantitative estimate of drug-likeness (QED) is 0.897. The summed E-state index contributed by atoms with van der Waals surface area (Å²) in [4.78, 5) is 12.4.